The lowest BCUT2D eigenvalue weighted by Crippen LogP contribution is -2.41. The summed E-state index contributed by atoms with van der Waals surface area (Å²) in [5.41, 5.74) is 2.43. The molecule has 1 aliphatic heterocycles. The lowest BCUT2D eigenvalue weighted by Gasteiger charge is -2.24. The van der Waals surface area contributed by atoms with Crippen LogP contribution >= 0.6 is 11.6 Å². The summed E-state index contributed by atoms with van der Waals surface area (Å²) in [5, 5.41) is 3.86. The van der Waals surface area contributed by atoms with E-state index < -0.39 is 15.6 Å². The third-order valence-electron chi connectivity index (χ3n) is 8.78. The second-order valence-corrected chi connectivity index (χ2v) is 13.9. The van der Waals surface area contributed by atoms with Crippen LogP contribution in [0.15, 0.2) is 56.9 Å². The van der Waals surface area contributed by atoms with Gasteiger partial charge in [-0.2, -0.15) is 0 Å². The molecule has 43 heavy (non-hydrogen) atoms. The molecule has 0 saturated heterocycles. The van der Waals surface area contributed by atoms with Gasteiger partial charge in [-0.3, -0.25) is 19.4 Å². The molecule has 6 rings (SSSR count). The van der Waals surface area contributed by atoms with E-state index in [1.807, 2.05) is 30.0 Å². The summed E-state index contributed by atoms with van der Waals surface area (Å²) in [7, 11) is -4.07. The average Bonchev–Trinajstić information content (AvgIpc) is 3.40. The van der Waals surface area contributed by atoms with E-state index in [1.54, 1.807) is 31.2 Å². The minimum atomic E-state index is -4.07. The van der Waals surface area contributed by atoms with Gasteiger partial charge in [-0.15, -0.1) is 0 Å². The number of unbranched alkanes of at least 4 members (excludes halogenated alkanes) is 1. The Kier molecular flexibility index (Phi) is 8.12. The first-order valence-corrected chi connectivity index (χ1v) is 16.9. The number of aliphatic imine (C=N–C) groups is 1. The lowest BCUT2D eigenvalue weighted by molar-refractivity contribution is -0.131. The van der Waals surface area contributed by atoms with Crippen molar-refractivity contribution in [2.75, 3.05) is 11.3 Å². The molecule has 1 N–H and O–H groups in total. The van der Waals surface area contributed by atoms with Gasteiger partial charge in [0.15, 0.2) is 5.76 Å². The standard InChI is InChI=1S/C32H37ClN4O5S/c1-4-6-11-28-34-32(16-22-15-23(22)17-32)31(38)37(28)18-21-12-13-25(24(14-21)19-41-5-2)26-9-7-8-10-27(26)43(39,40)36-30-29(33)20(3)42-35-30/h7-10,12-14,22-23H,4-6,11,15-19H2,1-3H3,(H,35,36). The molecule has 2 saturated carbocycles. The summed E-state index contributed by atoms with van der Waals surface area (Å²) in [6.07, 6.45) is 5.78. The number of aromatic nitrogens is 1. The van der Waals surface area contributed by atoms with Crippen LogP contribution in [0.1, 0.15) is 69.3 Å². The Morgan fingerprint density at radius 3 is 2.60 bits per heavy atom. The summed E-state index contributed by atoms with van der Waals surface area (Å²) < 4.78 is 40.4. The van der Waals surface area contributed by atoms with Crippen LogP contribution in [0.5, 0.6) is 0 Å². The van der Waals surface area contributed by atoms with Crippen LogP contribution in [-0.4, -0.2) is 42.4 Å². The van der Waals surface area contributed by atoms with Crippen molar-refractivity contribution >= 4 is 39.2 Å². The molecule has 0 bridgehead atoms. The van der Waals surface area contributed by atoms with E-state index in [4.69, 9.17) is 25.9 Å². The molecule has 2 heterocycles. The zero-order chi connectivity index (χ0) is 30.4. The number of aryl methyl sites for hydroxylation is 1. The molecule has 0 radical (unpaired) electrons. The number of amides is 1. The molecular weight excluding hydrogens is 588 g/mol. The van der Waals surface area contributed by atoms with E-state index in [2.05, 4.69) is 16.8 Å². The van der Waals surface area contributed by atoms with E-state index >= 15 is 0 Å². The van der Waals surface area contributed by atoms with Crippen LogP contribution in [0.25, 0.3) is 11.1 Å². The van der Waals surface area contributed by atoms with E-state index in [9.17, 15) is 13.2 Å². The van der Waals surface area contributed by atoms with Gasteiger partial charge in [0, 0.05) is 18.6 Å². The minimum absolute atomic E-state index is 0.0629. The van der Waals surface area contributed by atoms with Gasteiger partial charge in [0.05, 0.1) is 18.0 Å². The third-order valence-corrected chi connectivity index (χ3v) is 10.6. The fourth-order valence-electron chi connectivity index (χ4n) is 6.49. The Morgan fingerprint density at radius 1 is 1.14 bits per heavy atom. The number of benzene rings is 2. The van der Waals surface area contributed by atoms with Gasteiger partial charge in [-0.25, -0.2) is 8.42 Å². The van der Waals surface area contributed by atoms with Crippen LogP contribution in [0.2, 0.25) is 5.02 Å². The molecule has 9 nitrogen and oxygen atoms in total. The molecule has 1 aromatic heterocycles. The molecule has 228 valence electrons. The first-order valence-electron chi connectivity index (χ1n) is 15.0. The fourth-order valence-corrected chi connectivity index (χ4v) is 7.89. The SMILES string of the molecule is CCCCC1=NC2(CC3CC3C2)C(=O)N1Cc1ccc(-c2ccccc2S(=O)(=O)Nc2noc(C)c2Cl)c(COCC)c1. The highest BCUT2D eigenvalue weighted by molar-refractivity contribution is 7.92. The minimum Gasteiger partial charge on any atom is -0.377 e. The smallest absolute Gasteiger partial charge is 0.263 e. The van der Waals surface area contributed by atoms with Gasteiger partial charge in [0.1, 0.15) is 16.4 Å². The Balaban J connectivity index is 1.32. The maximum atomic E-state index is 13.8. The summed E-state index contributed by atoms with van der Waals surface area (Å²) >= 11 is 6.19. The number of rotatable bonds is 12. The van der Waals surface area contributed by atoms with Crippen molar-refractivity contribution < 1.29 is 22.5 Å². The number of anilines is 1. The molecule has 11 heteroatoms. The monoisotopic (exact) mass is 624 g/mol. The highest BCUT2D eigenvalue weighted by Crippen LogP contribution is 2.59. The van der Waals surface area contributed by atoms with Crippen molar-refractivity contribution in [3.8, 4) is 11.1 Å². The maximum Gasteiger partial charge on any atom is 0.263 e. The summed E-state index contributed by atoms with van der Waals surface area (Å²) in [5.74, 6) is 2.57. The van der Waals surface area contributed by atoms with Crippen molar-refractivity contribution in [2.45, 2.75) is 82.9 Å². The number of nitrogens with one attached hydrogen (secondary N) is 1. The van der Waals surface area contributed by atoms with Crippen molar-refractivity contribution in [1.29, 1.82) is 0 Å². The predicted octanol–water partition coefficient (Wildman–Crippen LogP) is 6.74. The van der Waals surface area contributed by atoms with Gasteiger partial charge in [0.2, 0.25) is 5.82 Å². The van der Waals surface area contributed by atoms with Crippen LogP contribution in [-0.2, 0) is 32.7 Å². The Morgan fingerprint density at radius 2 is 1.91 bits per heavy atom. The number of hydrogen-bond donors (Lipinski definition) is 1. The molecule has 1 spiro atoms. The van der Waals surface area contributed by atoms with E-state index in [0.717, 1.165) is 54.6 Å². The average molecular weight is 625 g/mol. The van der Waals surface area contributed by atoms with Gasteiger partial charge >= 0.3 is 0 Å². The Hall–Kier alpha value is -3.21. The quantitative estimate of drug-likeness (QED) is 0.239. The fraction of sp³-hybridized carbons (Fsp3) is 0.469. The normalized spacial score (nSPS) is 22.7. The molecule has 2 aromatic carbocycles. The molecule has 2 aliphatic carbocycles. The largest absolute Gasteiger partial charge is 0.377 e. The topological polar surface area (TPSA) is 114 Å². The number of hydrogen-bond acceptors (Lipinski definition) is 7. The first kappa shape index (κ1) is 29.8. The van der Waals surface area contributed by atoms with Gasteiger partial charge in [-0.05, 0) is 74.1 Å². The number of halogens is 1. The zero-order valence-corrected chi connectivity index (χ0v) is 26.3. The maximum absolute atomic E-state index is 13.8. The number of fused-ring (bicyclic) bond motifs is 1. The van der Waals surface area contributed by atoms with Gasteiger partial charge < -0.3 is 9.26 Å². The first-order chi connectivity index (χ1) is 20.7. The summed E-state index contributed by atoms with van der Waals surface area (Å²) in [6, 6.07) is 12.7. The molecule has 2 fully saturated rings. The number of ether oxygens (including phenoxy) is 1. The van der Waals surface area contributed by atoms with Crippen LogP contribution < -0.4 is 4.72 Å². The van der Waals surface area contributed by atoms with E-state index in [-0.39, 0.29) is 28.3 Å². The second kappa shape index (κ2) is 11.7. The number of sulfonamides is 1. The van der Waals surface area contributed by atoms with Crippen molar-refractivity contribution in [2.24, 2.45) is 16.8 Å². The number of amidine groups is 1. The van der Waals surface area contributed by atoms with Gasteiger partial charge in [0.25, 0.3) is 15.9 Å². The Bertz CT molecular complexity index is 1670. The highest BCUT2D eigenvalue weighted by atomic mass is 35.5. The van der Waals surface area contributed by atoms with Crippen molar-refractivity contribution in [3.05, 3.63) is 64.4 Å². The van der Waals surface area contributed by atoms with Crippen LogP contribution in [0, 0.1) is 18.8 Å². The molecule has 2 unspecified atom stereocenters. The number of nitrogens with zero attached hydrogens (tertiary/aromatic N) is 3. The van der Waals surface area contributed by atoms with Crippen LogP contribution in [0.4, 0.5) is 5.82 Å². The lowest BCUT2D eigenvalue weighted by atomic mass is 9.93. The number of carbonyl (C=O) groups excluding carboxylic acids is 1. The predicted molar refractivity (Wildman–Crippen MR) is 165 cm³/mol. The van der Waals surface area contributed by atoms with Crippen molar-refractivity contribution in [1.82, 2.24) is 10.1 Å². The third kappa shape index (κ3) is 5.72. The van der Waals surface area contributed by atoms with Crippen molar-refractivity contribution in [3.63, 3.8) is 0 Å². The molecular formula is C32H37ClN4O5S. The summed E-state index contributed by atoms with van der Waals surface area (Å²) in [4.78, 5) is 20.9. The summed E-state index contributed by atoms with van der Waals surface area (Å²) in [6.45, 7) is 6.87. The molecule has 3 aliphatic rings. The van der Waals surface area contributed by atoms with Gasteiger partial charge in [-0.1, -0.05) is 66.5 Å². The Labute approximate surface area is 257 Å². The number of carbonyl (C=O) groups is 1. The highest BCUT2D eigenvalue weighted by Gasteiger charge is 2.61. The molecule has 1 amide bonds. The van der Waals surface area contributed by atoms with Crippen LogP contribution in [0.3, 0.4) is 0 Å². The second-order valence-electron chi connectivity index (χ2n) is 11.9. The zero-order valence-electron chi connectivity index (χ0n) is 24.7. The molecule has 2 atom stereocenters. The van der Waals surface area contributed by atoms with E-state index in [0.29, 0.717) is 36.3 Å². The van der Waals surface area contributed by atoms with E-state index in [1.165, 1.54) is 6.42 Å². The molecule has 3 aromatic rings.